The lowest BCUT2D eigenvalue weighted by atomic mass is 9.73. The Kier molecular flexibility index (Phi) is 6.66. The second-order valence-electron chi connectivity index (χ2n) is 12.3. The van der Waals surface area contributed by atoms with Crippen LogP contribution in [0.4, 0.5) is 17.1 Å². The van der Waals surface area contributed by atoms with E-state index in [1.807, 2.05) is 0 Å². The highest BCUT2D eigenvalue weighted by Gasteiger charge is 2.44. The first-order valence-corrected chi connectivity index (χ1v) is 16.5. The summed E-state index contributed by atoms with van der Waals surface area (Å²) in [6, 6.07) is 67.3. The number of fused-ring (bicyclic) bond motifs is 5. The van der Waals surface area contributed by atoms with Crippen LogP contribution in [-0.4, -0.2) is 0 Å². The maximum absolute atomic E-state index is 3.90. The third-order valence-electron chi connectivity index (χ3n) is 9.69. The Morgan fingerprint density at radius 2 is 1.02 bits per heavy atom. The molecule has 1 aliphatic carbocycles. The van der Waals surface area contributed by atoms with Crippen LogP contribution in [0.1, 0.15) is 22.3 Å². The molecule has 8 aromatic rings. The summed E-state index contributed by atoms with van der Waals surface area (Å²) in [4.78, 5) is 2.38. The van der Waals surface area contributed by atoms with E-state index in [1.54, 1.807) is 0 Å². The Hall–Kier alpha value is -6.36. The van der Waals surface area contributed by atoms with Gasteiger partial charge >= 0.3 is 0 Å². The van der Waals surface area contributed by atoms with Crippen LogP contribution in [0.15, 0.2) is 188 Å². The van der Waals surface area contributed by atoms with Crippen molar-refractivity contribution in [3.05, 3.63) is 210 Å². The maximum Gasteiger partial charge on any atom is 0.108 e. The average molecular weight is 610 g/mol. The van der Waals surface area contributed by atoms with Crippen molar-refractivity contribution in [2.45, 2.75) is 5.41 Å². The smallest absolute Gasteiger partial charge is 0.108 e. The highest BCUT2D eigenvalue weighted by molar-refractivity contribution is 6.00. The summed E-state index contributed by atoms with van der Waals surface area (Å²) in [5, 5.41) is 4.80. The van der Waals surface area contributed by atoms with Crippen molar-refractivity contribution in [3.63, 3.8) is 0 Å². The number of para-hydroxylation sites is 1. The van der Waals surface area contributed by atoms with E-state index < -0.39 is 5.41 Å². The molecule has 0 aromatic heterocycles. The SMILES string of the molecule is C(#CC1(c2ccccc2)c2ccccc2-c2cc(N(c3ccccc3)c3cccc4ccccc34)ccc21)c1cccc2ccccc12. The summed E-state index contributed by atoms with van der Waals surface area (Å²) in [5.74, 6) is 7.60. The lowest BCUT2D eigenvalue weighted by Gasteiger charge is -2.29. The van der Waals surface area contributed by atoms with Gasteiger partial charge in [-0.3, -0.25) is 0 Å². The van der Waals surface area contributed by atoms with Gasteiger partial charge in [-0.15, -0.1) is 0 Å². The summed E-state index contributed by atoms with van der Waals surface area (Å²) in [5.41, 5.74) is 9.79. The molecule has 9 rings (SSSR count). The molecule has 8 aromatic carbocycles. The maximum atomic E-state index is 3.90. The van der Waals surface area contributed by atoms with E-state index in [2.05, 4.69) is 205 Å². The normalized spacial score (nSPS) is 14.6. The topological polar surface area (TPSA) is 3.24 Å². The van der Waals surface area contributed by atoms with Crippen LogP contribution < -0.4 is 4.90 Å². The Labute approximate surface area is 281 Å². The van der Waals surface area contributed by atoms with Gasteiger partial charge in [0.05, 0.1) is 5.69 Å². The van der Waals surface area contributed by atoms with Gasteiger partial charge in [-0.1, -0.05) is 164 Å². The highest BCUT2D eigenvalue weighted by Crippen LogP contribution is 2.54. The quantitative estimate of drug-likeness (QED) is 0.179. The molecule has 1 atom stereocenters. The minimum atomic E-state index is -0.639. The highest BCUT2D eigenvalue weighted by atomic mass is 15.1. The van der Waals surface area contributed by atoms with Crippen LogP contribution >= 0.6 is 0 Å². The van der Waals surface area contributed by atoms with Crippen molar-refractivity contribution in [1.29, 1.82) is 0 Å². The molecule has 1 heteroatoms. The minimum Gasteiger partial charge on any atom is -0.310 e. The monoisotopic (exact) mass is 609 g/mol. The molecule has 0 radical (unpaired) electrons. The summed E-state index contributed by atoms with van der Waals surface area (Å²) >= 11 is 0. The molecule has 0 saturated carbocycles. The Balaban J connectivity index is 1.30. The fraction of sp³-hybridized carbons (Fsp3) is 0.0213. The molecule has 224 valence electrons. The van der Waals surface area contributed by atoms with Crippen molar-refractivity contribution in [2.75, 3.05) is 4.90 Å². The molecule has 0 fully saturated rings. The molecule has 1 nitrogen and oxygen atoms in total. The molecule has 0 N–H and O–H groups in total. The third-order valence-corrected chi connectivity index (χ3v) is 9.69. The Morgan fingerprint density at radius 3 is 1.83 bits per heavy atom. The van der Waals surface area contributed by atoms with Gasteiger partial charge in [-0.2, -0.15) is 0 Å². The lowest BCUT2D eigenvalue weighted by molar-refractivity contribution is 0.837. The Bertz CT molecular complexity index is 2510. The van der Waals surface area contributed by atoms with Gasteiger partial charge < -0.3 is 4.90 Å². The van der Waals surface area contributed by atoms with Crippen molar-refractivity contribution < 1.29 is 0 Å². The van der Waals surface area contributed by atoms with Crippen LogP contribution in [0.2, 0.25) is 0 Å². The zero-order valence-electron chi connectivity index (χ0n) is 26.3. The van der Waals surface area contributed by atoms with E-state index in [9.17, 15) is 0 Å². The standard InChI is InChI=1S/C47H31N/c1-3-20-37(21-4-1)47(32-31-36-18-13-17-34-15-7-9-24-40(34)36)44-27-12-11-26-42(44)43-33-39(29-30-45(43)47)48(38-22-5-2-6-23-38)46-28-14-19-35-16-8-10-25-41(35)46/h1-30,33H. The van der Waals surface area contributed by atoms with Gasteiger partial charge in [-0.25, -0.2) is 0 Å². The van der Waals surface area contributed by atoms with Crippen molar-refractivity contribution >= 4 is 38.6 Å². The number of hydrogen-bond acceptors (Lipinski definition) is 1. The summed E-state index contributed by atoms with van der Waals surface area (Å²) in [7, 11) is 0. The average Bonchev–Trinajstić information content (AvgIpc) is 3.45. The zero-order valence-corrected chi connectivity index (χ0v) is 26.3. The Morgan fingerprint density at radius 1 is 0.417 bits per heavy atom. The molecule has 0 aliphatic heterocycles. The van der Waals surface area contributed by atoms with Crippen molar-refractivity contribution in [3.8, 4) is 23.0 Å². The molecule has 1 aliphatic rings. The van der Waals surface area contributed by atoms with E-state index in [0.717, 1.165) is 22.6 Å². The van der Waals surface area contributed by atoms with E-state index in [4.69, 9.17) is 0 Å². The first-order valence-electron chi connectivity index (χ1n) is 16.5. The minimum absolute atomic E-state index is 0.639. The van der Waals surface area contributed by atoms with Crippen LogP contribution in [0.3, 0.4) is 0 Å². The summed E-state index contributed by atoms with van der Waals surface area (Å²) in [6.45, 7) is 0. The van der Waals surface area contributed by atoms with Crippen molar-refractivity contribution in [1.82, 2.24) is 0 Å². The second-order valence-corrected chi connectivity index (χ2v) is 12.3. The van der Waals surface area contributed by atoms with E-state index in [-0.39, 0.29) is 0 Å². The van der Waals surface area contributed by atoms with Gasteiger partial charge in [-0.05, 0) is 80.4 Å². The number of anilines is 3. The molecular weight excluding hydrogens is 579 g/mol. The van der Waals surface area contributed by atoms with Crippen LogP contribution in [0.5, 0.6) is 0 Å². The lowest BCUT2D eigenvalue weighted by Crippen LogP contribution is -2.25. The molecule has 48 heavy (non-hydrogen) atoms. The number of nitrogens with zero attached hydrogens (tertiary/aromatic N) is 1. The number of rotatable bonds is 4. The molecule has 0 saturated heterocycles. The second kappa shape index (κ2) is 11.5. The van der Waals surface area contributed by atoms with Crippen LogP contribution in [0, 0.1) is 11.8 Å². The fourth-order valence-electron chi connectivity index (χ4n) is 7.52. The van der Waals surface area contributed by atoms with Gasteiger partial charge in [0.2, 0.25) is 0 Å². The molecule has 0 amide bonds. The molecule has 1 unspecified atom stereocenters. The van der Waals surface area contributed by atoms with Gasteiger partial charge in [0.25, 0.3) is 0 Å². The third kappa shape index (κ3) is 4.43. The van der Waals surface area contributed by atoms with E-state index in [0.29, 0.717) is 0 Å². The molecule has 0 heterocycles. The summed E-state index contributed by atoms with van der Waals surface area (Å²) < 4.78 is 0. The van der Waals surface area contributed by atoms with Crippen LogP contribution in [0.25, 0.3) is 32.7 Å². The first kappa shape index (κ1) is 27.9. The molecule has 0 bridgehead atoms. The van der Waals surface area contributed by atoms with Gasteiger partial charge in [0.15, 0.2) is 0 Å². The van der Waals surface area contributed by atoms with E-state index >= 15 is 0 Å². The molecular formula is C47H31N. The van der Waals surface area contributed by atoms with E-state index in [1.165, 1.54) is 49.4 Å². The predicted octanol–water partition coefficient (Wildman–Crippen LogP) is 11.8. The van der Waals surface area contributed by atoms with Crippen LogP contribution in [-0.2, 0) is 5.41 Å². The predicted molar refractivity (Wildman–Crippen MR) is 201 cm³/mol. The van der Waals surface area contributed by atoms with Gasteiger partial charge in [0.1, 0.15) is 5.41 Å². The largest absolute Gasteiger partial charge is 0.310 e. The number of hydrogen-bond donors (Lipinski definition) is 0. The first-order chi connectivity index (χ1) is 23.8. The molecule has 0 spiro atoms. The zero-order chi connectivity index (χ0) is 31.9. The summed E-state index contributed by atoms with van der Waals surface area (Å²) in [6.07, 6.45) is 0. The number of benzene rings is 8. The van der Waals surface area contributed by atoms with Gasteiger partial charge in [0, 0.05) is 22.3 Å². The fourth-order valence-corrected chi connectivity index (χ4v) is 7.52. The van der Waals surface area contributed by atoms with Crippen molar-refractivity contribution in [2.24, 2.45) is 0 Å².